The minimum absolute atomic E-state index is 0.257. The van der Waals surface area contributed by atoms with Gasteiger partial charge in [-0.15, -0.1) is 0 Å². The van der Waals surface area contributed by atoms with Crippen molar-refractivity contribution in [2.45, 2.75) is 19.9 Å². The zero-order chi connectivity index (χ0) is 18.4. The van der Waals surface area contributed by atoms with Crippen LogP contribution >= 0.6 is 0 Å². The molecule has 0 aliphatic heterocycles. The molecular weight excluding hydrogens is 335 g/mol. The van der Waals surface area contributed by atoms with Crippen molar-refractivity contribution in [3.05, 3.63) is 77.3 Å². The lowest BCUT2D eigenvalue weighted by Crippen LogP contribution is -2.27. The molecular formula is C19H19FN4O2. The fourth-order valence-electron chi connectivity index (χ4n) is 2.45. The predicted molar refractivity (Wildman–Crippen MR) is 95.2 cm³/mol. The Bertz CT molecular complexity index is 881. The summed E-state index contributed by atoms with van der Waals surface area (Å²) in [5.41, 5.74) is 1.49. The molecule has 0 aliphatic carbocycles. The molecule has 0 aliphatic rings. The van der Waals surface area contributed by atoms with E-state index in [2.05, 4.69) is 20.6 Å². The second-order valence-electron chi connectivity index (χ2n) is 5.75. The van der Waals surface area contributed by atoms with Crippen molar-refractivity contribution in [3.8, 4) is 0 Å². The number of anilines is 1. The Morgan fingerprint density at radius 3 is 2.81 bits per heavy atom. The van der Waals surface area contributed by atoms with Crippen LogP contribution in [0.2, 0.25) is 0 Å². The molecule has 26 heavy (non-hydrogen) atoms. The van der Waals surface area contributed by atoms with E-state index in [1.807, 2.05) is 6.07 Å². The van der Waals surface area contributed by atoms with E-state index >= 15 is 0 Å². The summed E-state index contributed by atoms with van der Waals surface area (Å²) in [6, 6.07) is 11.7. The summed E-state index contributed by atoms with van der Waals surface area (Å²) in [5.74, 6) is 0.489. The van der Waals surface area contributed by atoms with Crippen LogP contribution < -0.4 is 10.6 Å². The molecule has 0 fully saturated rings. The molecule has 1 amide bonds. The van der Waals surface area contributed by atoms with Crippen LogP contribution in [0.15, 0.2) is 53.1 Å². The molecule has 0 radical (unpaired) electrons. The normalized spacial score (nSPS) is 10.5. The highest BCUT2D eigenvalue weighted by Crippen LogP contribution is 2.09. The van der Waals surface area contributed by atoms with Gasteiger partial charge in [-0.25, -0.2) is 14.4 Å². The zero-order valence-corrected chi connectivity index (χ0v) is 14.3. The summed E-state index contributed by atoms with van der Waals surface area (Å²) >= 11 is 0. The van der Waals surface area contributed by atoms with E-state index in [1.165, 1.54) is 6.07 Å². The number of furan rings is 1. The van der Waals surface area contributed by atoms with Gasteiger partial charge in [0.05, 0.1) is 12.8 Å². The molecule has 3 aromatic rings. The van der Waals surface area contributed by atoms with Gasteiger partial charge in [-0.05, 0) is 43.2 Å². The minimum atomic E-state index is -0.326. The number of hydrogen-bond acceptors (Lipinski definition) is 5. The van der Waals surface area contributed by atoms with Crippen molar-refractivity contribution >= 4 is 11.9 Å². The maximum absolute atomic E-state index is 13.6. The van der Waals surface area contributed by atoms with Crippen molar-refractivity contribution in [2.75, 3.05) is 11.9 Å². The third-order valence-electron chi connectivity index (χ3n) is 3.73. The van der Waals surface area contributed by atoms with Gasteiger partial charge in [-0.2, -0.15) is 0 Å². The second kappa shape index (κ2) is 8.24. The molecule has 0 spiro atoms. The summed E-state index contributed by atoms with van der Waals surface area (Å²) in [5, 5.41) is 5.78. The van der Waals surface area contributed by atoms with Gasteiger partial charge in [0, 0.05) is 12.2 Å². The van der Waals surface area contributed by atoms with E-state index in [9.17, 15) is 9.18 Å². The van der Waals surface area contributed by atoms with E-state index < -0.39 is 0 Å². The lowest BCUT2D eigenvalue weighted by atomic mass is 10.1. The van der Waals surface area contributed by atoms with E-state index in [0.29, 0.717) is 36.7 Å². The average Bonchev–Trinajstić information content (AvgIpc) is 3.14. The summed E-state index contributed by atoms with van der Waals surface area (Å²) in [4.78, 5) is 20.8. The van der Waals surface area contributed by atoms with Gasteiger partial charge in [-0.1, -0.05) is 18.2 Å². The number of amides is 1. The molecule has 0 saturated heterocycles. The van der Waals surface area contributed by atoms with Crippen molar-refractivity contribution in [1.29, 1.82) is 0 Å². The van der Waals surface area contributed by atoms with Gasteiger partial charge in [0.25, 0.3) is 5.91 Å². The smallest absolute Gasteiger partial charge is 0.270 e. The monoisotopic (exact) mass is 354 g/mol. The number of nitrogens with zero attached hydrogens (tertiary/aromatic N) is 2. The highest BCUT2D eigenvalue weighted by Gasteiger charge is 2.11. The van der Waals surface area contributed by atoms with E-state index in [0.717, 1.165) is 5.76 Å². The van der Waals surface area contributed by atoms with Crippen molar-refractivity contribution < 1.29 is 13.6 Å². The summed E-state index contributed by atoms with van der Waals surface area (Å²) < 4.78 is 18.8. The fraction of sp³-hybridized carbons (Fsp3) is 0.211. The number of benzene rings is 1. The highest BCUT2D eigenvalue weighted by molar-refractivity contribution is 5.92. The van der Waals surface area contributed by atoms with Crippen LogP contribution in [0, 0.1) is 12.7 Å². The van der Waals surface area contributed by atoms with Crippen LogP contribution in [0.25, 0.3) is 0 Å². The van der Waals surface area contributed by atoms with E-state index in [-0.39, 0.29) is 17.4 Å². The number of carbonyl (C=O) groups excluding carboxylic acids is 1. The third kappa shape index (κ3) is 4.66. The average molecular weight is 354 g/mol. The largest absolute Gasteiger partial charge is 0.467 e. The van der Waals surface area contributed by atoms with Crippen LogP contribution in [0.4, 0.5) is 10.3 Å². The van der Waals surface area contributed by atoms with E-state index in [1.54, 1.807) is 43.5 Å². The van der Waals surface area contributed by atoms with Gasteiger partial charge in [0.2, 0.25) is 5.95 Å². The first-order valence-electron chi connectivity index (χ1n) is 8.25. The van der Waals surface area contributed by atoms with E-state index in [4.69, 9.17) is 4.42 Å². The molecule has 6 nitrogen and oxygen atoms in total. The predicted octanol–water partition coefficient (Wildman–Crippen LogP) is 3.10. The first-order valence-corrected chi connectivity index (χ1v) is 8.25. The Hall–Kier alpha value is -3.22. The number of halogens is 1. The summed E-state index contributed by atoms with van der Waals surface area (Å²) in [7, 11) is 0. The van der Waals surface area contributed by atoms with Gasteiger partial charge in [0.1, 0.15) is 17.3 Å². The minimum Gasteiger partial charge on any atom is -0.467 e. The quantitative estimate of drug-likeness (QED) is 0.681. The Balaban J connectivity index is 1.58. The molecule has 1 aromatic carbocycles. The highest BCUT2D eigenvalue weighted by atomic mass is 19.1. The number of aromatic nitrogens is 2. The maximum Gasteiger partial charge on any atom is 0.270 e. The van der Waals surface area contributed by atoms with Crippen LogP contribution in [-0.2, 0) is 13.0 Å². The molecule has 2 N–H and O–H groups in total. The third-order valence-corrected chi connectivity index (χ3v) is 3.73. The lowest BCUT2D eigenvalue weighted by Gasteiger charge is -2.08. The van der Waals surface area contributed by atoms with Gasteiger partial charge >= 0.3 is 0 Å². The summed E-state index contributed by atoms with van der Waals surface area (Å²) in [6.45, 7) is 2.53. The Morgan fingerprint density at radius 1 is 1.19 bits per heavy atom. The Kier molecular flexibility index (Phi) is 5.58. The number of hydrogen-bond donors (Lipinski definition) is 2. The molecule has 134 valence electrons. The molecule has 0 unspecified atom stereocenters. The van der Waals surface area contributed by atoms with Crippen LogP contribution in [0.3, 0.4) is 0 Å². The van der Waals surface area contributed by atoms with Gasteiger partial charge < -0.3 is 15.1 Å². The summed E-state index contributed by atoms with van der Waals surface area (Å²) in [6.07, 6.45) is 1.99. The molecule has 3 rings (SSSR count). The number of nitrogens with one attached hydrogen (secondary N) is 2. The number of rotatable bonds is 7. The van der Waals surface area contributed by atoms with Gasteiger partial charge in [0.15, 0.2) is 0 Å². The maximum atomic E-state index is 13.6. The van der Waals surface area contributed by atoms with Gasteiger partial charge in [-0.3, -0.25) is 4.79 Å². The first-order chi connectivity index (χ1) is 12.6. The SMILES string of the molecule is Cc1cc(C(=O)NCCc2ccccc2F)nc(NCc2ccco2)n1. The standard InChI is InChI=1S/C19H19FN4O2/c1-13-11-17(24-19(23-13)22-12-15-6-4-10-26-15)18(25)21-9-8-14-5-2-3-7-16(14)20/h2-7,10-11H,8-9,12H2,1H3,(H,21,25)(H,22,23,24). The van der Waals surface area contributed by atoms with Crippen LogP contribution in [0.1, 0.15) is 27.5 Å². The Labute approximate surface area is 150 Å². The first kappa shape index (κ1) is 17.6. The topological polar surface area (TPSA) is 80.0 Å². The molecule has 2 heterocycles. The number of aryl methyl sites for hydroxylation is 1. The molecule has 7 heteroatoms. The number of carbonyl (C=O) groups is 1. The lowest BCUT2D eigenvalue weighted by molar-refractivity contribution is 0.0949. The second-order valence-corrected chi connectivity index (χ2v) is 5.75. The fourth-order valence-corrected chi connectivity index (χ4v) is 2.45. The van der Waals surface area contributed by atoms with Crippen LogP contribution in [0.5, 0.6) is 0 Å². The Morgan fingerprint density at radius 2 is 2.04 bits per heavy atom. The molecule has 0 saturated carbocycles. The van der Waals surface area contributed by atoms with Crippen molar-refractivity contribution in [1.82, 2.24) is 15.3 Å². The van der Waals surface area contributed by atoms with Crippen molar-refractivity contribution in [3.63, 3.8) is 0 Å². The zero-order valence-electron chi connectivity index (χ0n) is 14.3. The van der Waals surface area contributed by atoms with Crippen molar-refractivity contribution in [2.24, 2.45) is 0 Å². The molecule has 2 aromatic heterocycles. The molecule has 0 bridgehead atoms. The molecule has 0 atom stereocenters. The van der Waals surface area contributed by atoms with Crippen LogP contribution in [-0.4, -0.2) is 22.4 Å².